The molecule has 4 aliphatic rings. The van der Waals surface area contributed by atoms with Crippen LogP contribution < -0.4 is 0 Å². The highest BCUT2D eigenvalue weighted by molar-refractivity contribution is 6.74. The van der Waals surface area contributed by atoms with E-state index in [4.69, 9.17) is 51.3 Å². The Kier molecular flexibility index (Phi) is 26.7. The second kappa shape index (κ2) is 29.6. The summed E-state index contributed by atoms with van der Waals surface area (Å²) in [6.07, 6.45) is 6.10. The number of carbonyl (C=O) groups excluding carboxylic acids is 5. The van der Waals surface area contributed by atoms with E-state index in [1.165, 1.54) is 19.7 Å². The van der Waals surface area contributed by atoms with Crippen LogP contribution in [0.5, 0.6) is 0 Å². The highest BCUT2D eigenvalue weighted by Gasteiger charge is 2.56. The zero-order chi connectivity index (χ0) is 60.8. The number of likely N-dealkylation sites (tertiary alicyclic amines) is 2. The fourth-order valence-corrected chi connectivity index (χ4v) is 11.4. The molecule has 0 saturated carbocycles. The molecule has 4 aliphatic heterocycles. The van der Waals surface area contributed by atoms with Crippen molar-refractivity contribution in [2.24, 2.45) is 10.8 Å². The second-order valence-electron chi connectivity index (χ2n) is 26.9. The molecule has 0 spiro atoms. The fourth-order valence-electron chi connectivity index (χ4n) is 9.20. The lowest BCUT2D eigenvalue weighted by molar-refractivity contribution is -0.191. The minimum atomic E-state index is -2.05. The molecule has 0 aromatic heterocycles. The molecule has 0 unspecified atom stereocenters. The first-order chi connectivity index (χ1) is 36.8. The molecule has 0 aliphatic carbocycles. The summed E-state index contributed by atoms with van der Waals surface area (Å²) in [6.45, 7) is 47.4. The summed E-state index contributed by atoms with van der Waals surface area (Å²) in [5, 5.41) is 0.170. The van der Waals surface area contributed by atoms with Gasteiger partial charge < -0.3 is 46.6 Å². The summed E-state index contributed by atoms with van der Waals surface area (Å²) in [5.41, 5.74) is 0.170. The maximum absolute atomic E-state index is 13.1. The SMILES string of the molecule is C.C=CC[C@]1(CO[Si](C)(C)C(C)(C)C)CCN(C(=O)OCc2ccccc2)[C@@H]1C(=O)OC.CC1(C)O[B]OC1(C)C.C[C@H]1N(C(=O)OCc2ccccc2)CC[C@]1(CCCB1OC(C)(C)C(C)(C)O1)CO[Si](C)(C)C(C)(C)C.O=C=O. The first kappa shape index (κ1) is 73.0. The molecule has 4 saturated heterocycles. The molecule has 4 heterocycles. The first-order valence-electron chi connectivity index (χ1n) is 28.3. The molecule has 6 rings (SSSR count). The van der Waals surface area contributed by atoms with Crippen molar-refractivity contribution in [1.82, 2.24) is 9.80 Å². The molecule has 2 amide bonds. The number of hydrogen-bond acceptors (Lipinski definition) is 14. The normalized spacial score (nSPS) is 23.3. The van der Waals surface area contributed by atoms with Gasteiger partial charge in [-0.1, -0.05) is 122 Å². The van der Waals surface area contributed by atoms with E-state index in [2.05, 4.69) is 109 Å². The molecular formula is C61H103B2N2O14Si2. The van der Waals surface area contributed by atoms with Gasteiger partial charge in [0.2, 0.25) is 0 Å². The van der Waals surface area contributed by atoms with Crippen LogP contribution in [-0.2, 0) is 69.3 Å². The lowest BCUT2D eigenvalue weighted by Crippen LogP contribution is -2.52. The summed E-state index contributed by atoms with van der Waals surface area (Å²) in [6, 6.07) is 18.6. The van der Waals surface area contributed by atoms with E-state index in [-0.39, 0.29) is 83.9 Å². The van der Waals surface area contributed by atoms with Crippen molar-refractivity contribution in [2.45, 2.75) is 234 Å². The number of nitrogens with zero attached hydrogens (tertiary/aromatic N) is 2. The minimum Gasteiger partial charge on any atom is -0.467 e. The second-order valence-corrected chi connectivity index (χ2v) is 36.5. The molecule has 16 nitrogen and oxygen atoms in total. The first-order valence-corrected chi connectivity index (χ1v) is 34.1. The van der Waals surface area contributed by atoms with Crippen molar-refractivity contribution in [2.75, 3.05) is 33.4 Å². The average Bonchev–Trinajstić information content (AvgIpc) is 4.30. The van der Waals surface area contributed by atoms with E-state index in [0.717, 1.165) is 36.7 Å². The van der Waals surface area contributed by atoms with Crippen molar-refractivity contribution in [3.05, 3.63) is 84.4 Å². The number of hydrogen-bond donors (Lipinski definition) is 0. The lowest BCUT2D eigenvalue weighted by atomic mass is 9.73. The number of esters is 1. The Bertz CT molecular complexity index is 2310. The Morgan fingerprint density at radius 3 is 1.48 bits per heavy atom. The Morgan fingerprint density at radius 1 is 0.704 bits per heavy atom. The Hall–Kier alpha value is -4.11. The van der Waals surface area contributed by atoms with Crippen LogP contribution in [0.3, 0.4) is 0 Å². The van der Waals surface area contributed by atoms with Gasteiger partial charge in [0, 0.05) is 43.2 Å². The van der Waals surface area contributed by atoms with Gasteiger partial charge in [-0.3, -0.25) is 4.90 Å². The van der Waals surface area contributed by atoms with E-state index in [9.17, 15) is 14.4 Å². The number of benzene rings is 2. The monoisotopic (exact) mass is 1170 g/mol. The van der Waals surface area contributed by atoms with Gasteiger partial charge in [-0.15, -0.1) is 6.58 Å². The van der Waals surface area contributed by atoms with Crippen LogP contribution >= 0.6 is 0 Å². The van der Waals surface area contributed by atoms with Crippen LogP contribution in [0.1, 0.15) is 155 Å². The average molecular weight is 1170 g/mol. The summed E-state index contributed by atoms with van der Waals surface area (Å²) in [5.74, 6) is -0.449. The van der Waals surface area contributed by atoms with Crippen molar-refractivity contribution in [1.29, 1.82) is 0 Å². The van der Waals surface area contributed by atoms with Gasteiger partial charge >= 0.3 is 39.1 Å². The van der Waals surface area contributed by atoms with Gasteiger partial charge in [-0.2, -0.15) is 9.59 Å². The highest BCUT2D eigenvalue weighted by atomic mass is 28.4. The van der Waals surface area contributed by atoms with Gasteiger partial charge in [0.25, 0.3) is 0 Å². The Morgan fingerprint density at radius 2 is 1.10 bits per heavy atom. The number of rotatable bonds is 17. The molecule has 81 heavy (non-hydrogen) atoms. The van der Waals surface area contributed by atoms with Gasteiger partial charge in [-0.05, 0) is 142 Å². The number of methoxy groups -OCH3 is 1. The van der Waals surface area contributed by atoms with Crippen molar-refractivity contribution in [3.8, 4) is 0 Å². The molecule has 0 bridgehead atoms. The number of carbonyl (C=O) groups is 3. The Balaban J connectivity index is 0.000000458. The maximum Gasteiger partial charge on any atom is 0.488 e. The van der Waals surface area contributed by atoms with Crippen LogP contribution in [0, 0.1) is 10.8 Å². The van der Waals surface area contributed by atoms with Crippen molar-refractivity contribution in [3.63, 3.8) is 0 Å². The molecule has 455 valence electrons. The largest absolute Gasteiger partial charge is 0.488 e. The van der Waals surface area contributed by atoms with Gasteiger partial charge in [0.15, 0.2) is 16.6 Å². The molecule has 2 aromatic carbocycles. The summed E-state index contributed by atoms with van der Waals surface area (Å²) < 4.78 is 52.6. The predicted molar refractivity (Wildman–Crippen MR) is 325 cm³/mol. The molecule has 4 atom stereocenters. The van der Waals surface area contributed by atoms with Crippen LogP contribution in [0.15, 0.2) is 73.3 Å². The highest BCUT2D eigenvalue weighted by Crippen LogP contribution is 2.48. The van der Waals surface area contributed by atoms with Gasteiger partial charge in [0.05, 0.1) is 29.5 Å². The molecular weight excluding hydrogens is 1060 g/mol. The van der Waals surface area contributed by atoms with Gasteiger partial charge in [0.1, 0.15) is 19.3 Å². The van der Waals surface area contributed by atoms with Crippen LogP contribution in [0.4, 0.5) is 9.59 Å². The van der Waals surface area contributed by atoms with Crippen LogP contribution in [0.25, 0.3) is 0 Å². The van der Waals surface area contributed by atoms with Crippen LogP contribution in [0.2, 0.25) is 42.6 Å². The topological polar surface area (TPSA) is 175 Å². The molecule has 20 heteroatoms. The van der Waals surface area contributed by atoms with E-state index < -0.39 is 40.2 Å². The van der Waals surface area contributed by atoms with Crippen LogP contribution in [-0.4, -0.2) is 133 Å². The number of ether oxygens (including phenoxy) is 3. The molecule has 4 fully saturated rings. The van der Waals surface area contributed by atoms with E-state index >= 15 is 0 Å². The lowest BCUT2D eigenvalue weighted by Gasteiger charge is -2.42. The predicted octanol–water partition coefficient (Wildman–Crippen LogP) is 13.6. The number of allylic oxidation sites excluding steroid dienone is 1. The van der Waals surface area contributed by atoms with Gasteiger partial charge in [-0.25, -0.2) is 14.4 Å². The summed E-state index contributed by atoms with van der Waals surface area (Å²) in [4.78, 5) is 58.6. The zero-order valence-corrected chi connectivity index (χ0v) is 54.5. The fraction of sp³-hybridized carbons (Fsp3) is 0.705. The van der Waals surface area contributed by atoms with Crippen molar-refractivity contribution >= 4 is 55.7 Å². The summed E-state index contributed by atoms with van der Waals surface area (Å²) >= 11 is 0. The Labute approximate surface area is 491 Å². The quantitative estimate of drug-likeness (QED) is 0.0633. The maximum atomic E-state index is 13.1. The number of amides is 2. The molecule has 2 aromatic rings. The third kappa shape index (κ3) is 19.2. The third-order valence-electron chi connectivity index (χ3n) is 18.4. The smallest absolute Gasteiger partial charge is 0.467 e. The van der Waals surface area contributed by atoms with Crippen molar-refractivity contribution < 1.29 is 65.7 Å². The minimum absolute atomic E-state index is 0. The standard InChI is InChI=1S/C29H50BNO5Si.C24H37NO5Si.C6H12BO2.CO2.CH4/c1-23-29(22-34-37(9,10)26(2,3)4,17-14-19-30-35-27(5,6)28(7,8)36-30)18-20-31(23)25(32)33-21-24-15-12-11-13-16-24;1-8-14-24(18-30-31(6,7)23(2,3)4)15-16-25(20(24)21(26)28-5)22(27)29-17-19-12-10-9-11-13-19;1-5(2)6(3,4)9-7-8-5;2-1-3;/h11-13,15-16,23H,14,17-22H2,1-10H3;8-13,20H,1,14-18H2,2-7H3;1-4H3;;1H4/t23-,29-;20-,24-;;;/m11.../s1. The molecule has 0 N–H and O–H groups in total. The third-order valence-corrected chi connectivity index (χ3v) is 27.4. The zero-order valence-electron chi connectivity index (χ0n) is 52.5. The molecule has 1 radical (unpaired) electrons. The van der Waals surface area contributed by atoms with E-state index in [1.807, 2.05) is 93.3 Å². The summed E-state index contributed by atoms with van der Waals surface area (Å²) in [7, 11) is -1.43. The van der Waals surface area contributed by atoms with E-state index in [0.29, 0.717) is 39.1 Å². The van der Waals surface area contributed by atoms with E-state index in [1.54, 1.807) is 6.08 Å².